The van der Waals surface area contributed by atoms with Crippen LogP contribution in [-0.2, 0) is 9.59 Å². The highest BCUT2D eigenvalue weighted by atomic mass is 16.4. The van der Waals surface area contributed by atoms with E-state index in [-0.39, 0.29) is 11.8 Å². The molecule has 0 aromatic heterocycles. The van der Waals surface area contributed by atoms with Gasteiger partial charge in [-0.2, -0.15) is 0 Å². The zero-order chi connectivity index (χ0) is 13.7. The molecule has 1 amide bonds. The van der Waals surface area contributed by atoms with E-state index in [1.807, 2.05) is 0 Å². The largest absolute Gasteiger partial charge is 0.481 e. The number of amides is 1. The van der Waals surface area contributed by atoms with Crippen molar-refractivity contribution >= 4 is 11.9 Å². The summed E-state index contributed by atoms with van der Waals surface area (Å²) in [5, 5.41) is 12.1. The lowest BCUT2D eigenvalue weighted by Gasteiger charge is -2.30. The van der Waals surface area contributed by atoms with Crippen LogP contribution in [0.4, 0.5) is 0 Å². The van der Waals surface area contributed by atoms with Crippen molar-refractivity contribution in [3.63, 3.8) is 0 Å². The van der Waals surface area contributed by atoms with Gasteiger partial charge >= 0.3 is 5.97 Å². The quantitative estimate of drug-likeness (QED) is 0.708. The zero-order valence-corrected chi connectivity index (χ0v) is 11.4. The lowest BCUT2D eigenvalue weighted by molar-refractivity contribution is -0.145. The van der Waals surface area contributed by atoms with Crippen LogP contribution < -0.4 is 5.32 Å². The molecule has 0 aromatic rings. The predicted molar refractivity (Wildman–Crippen MR) is 71.8 cm³/mol. The van der Waals surface area contributed by atoms with E-state index in [0.29, 0.717) is 32.5 Å². The molecule has 1 heterocycles. The monoisotopic (exact) mass is 268 g/mol. The van der Waals surface area contributed by atoms with Gasteiger partial charge in [-0.05, 0) is 31.7 Å². The maximum Gasteiger partial charge on any atom is 0.306 e. The molecule has 108 valence electrons. The Labute approximate surface area is 114 Å². The summed E-state index contributed by atoms with van der Waals surface area (Å²) in [5.74, 6) is -0.0206. The maximum absolute atomic E-state index is 11.9. The number of carbonyl (C=O) groups is 2. The number of nitrogens with zero attached hydrogens (tertiary/aromatic N) is 1. The first kappa shape index (κ1) is 14.3. The lowest BCUT2D eigenvalue weighted by Crippen LogP contribution is -2.44. The van der Waals surface area contributed by atoms with E-state index >= 15 is 0 Å². The average Bonchev–Trinajstić information content (AvgIpc) is 2.36. The van der Waals surface area contributed by atoms with Crippen molar-refractivity contribution < 1.29 is 14.7 Å². The second kappa shape index (κ2) is 6.89. The summed E-state index contributed by atoms with van der Waals surface area (Å²) in [5.41, 5.74) is 0. The molecule has 5 nitrogen and oxygen atoms in total. The van der Waals surface area contributed by atoms with E-state index in [0.717, 1.165) is 12.5 Å². The normalized spacial score (nSPS) is 21.2. The number of carbonyl (C=O) groups excluding carboxylic acids is 1. The van der Waals surface area contributed by atoms with Gasteiger partial charge in [0.25, 0.3) is 0 Å². The fraction of sp³-hybridized carbons (Fsp3) is 0.857. The Morgan fingerprint density at radius 3 is 2.37 bits per heavy atom. The molecule has 0 unspecified atom stereocenters. The van der Waals surface area contributed by atoms with Crippen molar-refractivity contribution in [1.29, 1.82) is 0 Å². The first-order valence-corrected chi connectivity index (χ1v) is 7.38. The molecule has 5 heteroatoms. The molecule has 1 saturated carbocycles. The van der Waals surface area contributed by atoms with Crippen LogP contribution in [0.15, 0.2) is 0 Å². The molecule has 2 fully saturated rings. The third-order valence-electron chi connectivity index (χ3n) is 4.43. The van der Waals surface area contributed by atoms with Crippen molar-refractivity contribution in [2.45, 2.75) is 38.5 Å². The van der Waals surface area contributed by atoms with E-state index in [1.54, 1.807) is 4.90 Å². The van der Waals surface area contributed by atoms with Gasteiger partial charge in [-0.25, -0.2) is 0 Å². The Morgan fingerprint density at radius 2 is 1.84 bits per heavy atom. The standard InChI is InChI=1S/C14H24N2O3/c17-13(10-15-7-4-11-2-1-3-11)16-8-5-12(6-9-16)14(18)19/h11-12,15H,1-10H2,(H,18,19). The summed E-state index contributed by atoms with van der Waals surface area (Å²) in [6, 6.07) is 0. The van der Waals surface area contributed by atoms with E-state index in [4.69, 9.17) is 5.11 Å². The van der Waals surface area contributed by atoms with Crippen LogP contribution in [0.5, 0.6) is 0 Å². The number of carboxylic acid groups (broad SMARTS) is 1. The number of hydrogen-bond acceptors (Lipinski definition) is 3. The molecule has 2 aliphatic rings. The third-order valence-corrected chi connectivity index (χ3v) is 4.43. The summed E-state index contributed by atoms with van der Waals surface area (Å²) >= 11 is 0. The van der Waals surface area contributed by atoms with Crippen molar-refractivity contribution in [3.8, 4) is 0 Å². The topological polar surface area (TPSA) is 69.6 Å². The number of piperidine rings is 1. The molecule has 2 rings (SSSR count). The van der Waals surface area contributed by atoms with Gasteiger partial charge in [0.05, 0.1) is 12.5 Å². The summed E-state index contributed by atoms with van der Waals surface area (Å²) in [6.45, 7) is 2.48. The lowest BCUT2D eigenvalue weighted by atomic mass is 9.83. The van der Waals surface area contributed by atoms with Gasteiger partial charge in [0.2, 0.25) is 5.91 Å². The van der Waals surface area contributed by atoms with Crippen LogP contribution in [0.3, 0.4) is 0 Å². The fourth-order valence-electron chi connectivity index (χ4n) is 2.77. The second-order valence-electron chi connectivity index (χ2n) is 5.76. The minimum Gasteiger partial charge on any atom is -0.481 e. The SMILES string of the molecule is O=C(O)C1CCN(C(=O)CNCCC2CCC2)CC1. The van der Waals surface area contributed by atoms with E-state index in [2.05, 4.69) is 5.32 Å². The number of nitrogens with one attached hydrogen (secondary N) is 1. The van der Waals surface area contributed by atoms with Crippen molar-refractivity contribution in [2.24, 2.45) is 11.8 Å². The van der Waals surface area contributed by atoms with Gasteiger partial charge in [-0.3, -0.25) is 9.59 Å². The Bertz CT molecular complexity index is 321. The van der Waals surface area contributed by atoms with Gasteiger partial charge in [-0.15, -0.1) is 0 Å². The van der Waals surface area contributed by atoms with Crippen LogP contribution >= 0.6 is 0 Å². The van der Waals surface area contributed by atoms with Crippen LogP contribution in [-0.4, -0.2) is 48.1 Å². The number of aliphatic carboxylic acids is 1. The molecular weight excluding hydrogens is 244 g/mol. The number of carboxylic acids is 1. The van der Waals surface area contributed by atoms with E-state index in [1.165, 1.54) is 25.7 Å². The smallest absolute Gasteiger partial charge is 0.306 e. The van der Waals surface area contributed by atoms with Gasteiger partial charge in [0.1, 0.15) is 0 Å². The summed E-state index contributed by atoms with van der Waals surface area (Å²) in [4.78, 5) is 24.5. The highest BCUT2D eigenvalue weighted by molar-refractivity contribution is 5.78. The number of rotatable bonds is 6. The highest BCUT2D eigenvalue weighted by Gasteiger charge is 2.26. The Balaban J connectivity index is 1.57. The molecule has 2 N–H and O–H groups in total. The molecule has 1 saturated heterocycles. The first-order valence-electron chi connectivity index (χ1n) is 7.38. The van der Waals surface area contributed by atoms with Crippen LogP contribution in [0, 0.1) is 11.8 Å². The molecule has 19 heavy (non-hydrogen) atoms. The molecule has 0 spiro atoms. The van der Waals surface area contributed by atoms with Crippen molar-refractivity contribution in [2.75, 3.05) is 26.2 Å². The highest BCUT2D eigenvalue weighted by Crippen LogP contribution is 2.28. The summed E-state index contributed by atoms with van der Waals surface area (Å²) in [6.07, 6.45) is 6.40. The molecular formula is C14H24N2O3. The Morgan fingerprint density at radius 1 is 1.16 bits per heavy atom. The Hall–Kier alpha value is -1.10. The molecule has 0 aromatic carbocycles. The third kappa shape index (κ3) is 4.20. The van der Waals surface area contributed by atoms with Gasteiger partial charge in [0.15, 0.2) is 0 Å². The second-order valence-corrected chi connectivity index (χ2v) is 5.76. The van der Waals surface area contributed by atoms with Crippen LogP contribution in [0.2, 0.25) is 0 Å². The number of likely N-dealkylation sites (tertiary alicyclic amines) is 1. The minimum absolute atomic E-state index is 0.109. The molecule has 0 atom stereocenters. The zero-order valence-electron chi connectivity index (χ0n) is 11.4. The van der Waals surface area contributed by atoms with Crippen molar-refractivity contribution in [3.05, 3.63) is 0 Å². The molecule has 0 bridgehead atoms. The van der Waals surface area contributed by atoms with Gasteiger partial charge in [-0.1, -0.05) is 19.3 Å². The fourth-order valence-corrected chi connectivity index (χ4v) is 2.77. The molecule has 1 aliphatic carbocycles. The first-order chi connectivity index (χ1) is 9.16. The van der Waals surface area contributed by atoms with Gasteiger partial charge < -0.3 is 15.3 Å². The van der Waals surface area contributed by atoms with Crippen LogP contribution in [0.1, 0.15) is 38.5 Å². The summed E-state index contributed by atoms with van der Waals surface area (Å²) in [7, 11) is 0. The maximum atomic E-state index is 11.9. The van der Waals surface area contributed by atoms with Crippen molar-refractivity contribution in [1.82, 2.24) is 10.2 Å². The molecule has 1 aliphatic heterocycles. The van der Waals surface area contributed by atoms with Crippen LogP contribution in [0.25, 0.3) is 0 Å². The minimum atomic E-state index is -0.731. The van der Waals surface area contributed by atoms with E-state index < -0.39 is 5.97 Å². The predicted octanol–water partition coefficient (Wildman–Crippen LogP) is 1.09. The Kier molecular flexibility index (Phi) is 5.19. The average molecular weight is 268 g/mol. The number of hydrogen-bond donors (Lipinski definition) is 2. The van der Waals surface area contributed by atoms with Gasteiger partial charge in [0, 0.05) is 13.1 Å². The molecule has 0 radical (unpaired) electrons. The summed E-state index contributed by atoms with van der Waals surface area (Å²) < 4.78 is 0. The van der Waals surface area contributed by atoms with E-state index in [9.17, 15) is 9.59 Å².